The number of primary amides is 1. The van der Waals surface area contributed by atoms with Crippen LogP contribution in [-0.4, -0.2) is 37.1 Å². The number of rotatable bonds is 4. The zero-order valence-corrected chi connectivity index (χ0v) is 17.1. The van der Waals surface area contributed by atoms with Crippen molar-refractivity contribution in [2.45, 2.75) is 44.6 Å². The third-order valence-corrected chi connectivity index (χ3v) is 5.89. The third-order valence-electron chi connectivity index (χ3n) is 4.89. The molecule has 4 rings (SSSR count). The van der Waals surface area contributed by atoms with Crippen molar-refractivity contribution < 1.29 is 9.59 Å². The van der Waals surface area contributed by atoms with Crippen LogP contribution in [0.2, 0.25) is 0 Å². The molecule has 11 heteroatoms. The number of nitrogens with one attached hydrogen (secondary N) is 2. The third kappa shape index (κ3) is 3.41. The average molecular weight is 414 g/mol. The molecule has 1 aliphatic carbocycles. The fraction of sp³-hybridized carbons (Fsp3) is 0.389. The second-order valence-corrected chi connectivity index (χ2v) is 8.77. The van der Waals surface area contributed by atoms with E-state index in [1.165, 1.54) is 16.4 Å². The summed E-state index contributed by atoms with van der Waals surface area (Å²) >= 11 is 1.47. The highest BCUT2D eigenvalue weighted by Gasteiger charge is 2.40. The van der Waals surface area contributed by atoms with Crippen molar-refractivity contribution in [3.05, 3.63) is 34.1 Å². The predicted octanol–water partition coefficient (Wildman–Crippen LogP) is 0.452. The maximum Gasteiger partial charge on any atom is 0.274 e. The molecule has 0 spiro atoms. The maximum absolute atomic E-state index is 13.1. The Hall–Kier alpha value is -3.08. The standard InChI is InChI=1S/C18H22N8O2S/c1-8-7-29-17(22-8)24-15(28)13-11-14(26(25-13)6-10(19)27)12-9(4-18(11,2)3)5-21-16(20)23-12/h5,7,17,22H,4,6H2,1-3H3,(H2,19,27)(H,24,28)(H2,20,21,23). The minimum Gasteiger partial charge on any atom is -0.368 e. The zero-order valence-electron chi connectivity index (χ0n) is 16.3. The van der Waals surface area contributed by atoms with E-state index in [2.05, 4.69) is 25.7 Å². The predicted molar refractivity (Wildman–Crippen MR) is 109 cm³/mol. The Bertz CT molecular complexity index is 1060. The summed E-state index contributed by atoms with van der Waals surface area (Å²) in [6, 6.07) is 0. The Morgan fingerprint density at radius 1 is 1.45 bits per heavy atom. The van der Waals surface area contributed by atoms with E-state index < -0.39 is 11.3 Å². The second-order valence-electron chi connectivity index (χ2n) is 7.79. The lowest BCUT2D eigenvalue weighted by atomic mass is 9.73. The van der Waals surface area contributed by atoms with Crippen LogP contribution in [0.15, 0.2) is 17.3 Å². The number of thioether (sulfide) groups is 1. The molecule has 29 heavy (non-hydrogen) atoms. The number of nitrogens with two attached hydrogens (primary N) is 2. The van der Waals surface area contributed by atoms with E-state index in [0.717, 1.165) is 16.8 Å². The van der Waals surface area contributed by atoms with Gasteiger partial charge in [-0.25, -0.2) is 9.97 Å². The molecule has 1 atom stereocenters. The number of hydrogen-bond donors (Lipinski definition) is 4. The number of allylic oxidation sites excluding steroid dienone is 1. The molecular weight excluding hydrogens is 392 g/mol. The van der Waals surface area contributed by atoms with Crippen LogP contribution in [0.1, 0.15) is 42.4 Å². The van der Waals surface area contributed by atoms with E-state index in [-0.39, 0.29) is 29.6 Å². The van der Waals surface area contributed by atoms with Gasteiger partial charge in [-0.15, -0.1) is 0 Å². The molecule has 10 nitrogen and oxygen atoms in total. The van der Waals surface area contributed by atoms with Crippen LogP contribution >= 0.6 is 11.8 Å². The highest BCUT2D eigenvalue weighted by molar-refractivity contribution is 8.02. The molecule has 1 aliphatic heterocycles. The fourth-order valence-corrected chi connectivity index (χ4v) is 4.62. The molecule has 0 aromatic carbocycles. The number of nitrogen functional groups attached to an aromatic ring is 1. The molecular formula is C18H22N8O2S. The lowest BCUT2D eigenvalue weighted by molar-refractivity contribution is -0.118. The number of nitrogens with zero attached hydrogens (tertiary/aromatic N) is 4. The van der Waals surface area contributed by atoms with Crippen molar-refractivity contribution in [2.24, 2.45) is 5.73 Å². The highest BCUT2D eigenvalue weighted by Crippen LogP contribution is 2.44. The molecule has 6 N–H and O–H groups in total. The van der Waals surface area contributed by atoms with E-state index in [0.29, 0.717) is 17.8 Å². The van der Waals surface area contributed by atoms with Crippen LogP contribution in [0.4, 0.5) is 5.95 Å². The zero-order chi connectivity index (χ0) is 20.9. The summed E-state index contributed by atoms with van der Waals surface area (Å²) in [5.74, 6) is -0.793. The number of carbonyl (C=O) groups excluding carboxylic acids is 2. The molecule has 0 saturated heterocycles. The molecule has 2 aromatic heterocycles. The van der Waals surface area contributed by atoms with E-state index in [1.54, 1.807) is 6.20 Å². The summed E-state index contributed by atoms with van der Waals surface area (Å²) in [5, 5.41) is 12.5. The van der Waals surface area contributed by atoms with Gasteiger partial charge in [0.25, 0.3) is 5.91 Å². The summed E-state index contributed by atoms with van der Waals surface area (Å²) in [4.78, 5) is 33.2. The van der Waals surface area contributed by atoms with Gasteiger partial charge in [0.2, 0.25) is 11.9 Å². The van der Waals surface area contributed by atoms with Gasteiger partial charge in [0, 0.05) is 17.5 Å². The van der Waals surface area contributed by atoms with Crippen LogP contribution < -0.4 is 22.1 Å². The first-order chi connectivity index (χ1) is 13.7. The smallest absolute Gasteiger partial charge is 0.274 e. The van der Waals surface area contributed by atoms with Gasteiger partial charge in [-0.3, -0.25) is 14.3 Å². The molecule has 3 heterocycles. The SMILES string of the molecule is CC1=CSC(NC(=O)c2nn(CC(N)=O)c3c2C(C)(C)Cc2cnc(N)nc2-3)N1. The average Bonchev–Trinajstić information content (AvgIpc) is 3.19. The van der Waals surface area contributed by atoms with E-state index in [1.807, 2.05) is 26.2 Å². The molecule has 0 saturated carbocycles. The Morgan fingerprint density at radius 2 is 2.21 bits per heavy atom. The highest BCUT2D eigenvalue weighted by atomic mass is 32.2. The molecule has 2 aliphatic rings. The maximum atomic E-state index is 13.1. The van der Waals surface area contributed by atoms with Gasteiger partial charge in [-0.2, -0.15) is 5.10 Å². The van der Waals surface area contributed by atoms with Crippen LogP contribution in [0.3, 0.4) is 0 Å². The second kappa shape index (κ2) is 6.76. The Morgan fingerprint density at radius 3 is 2.86 bits per heavy atom. The van der Waals surface area contributed by atoms with Crippen molar-refractivity contribution in [3.63, 3.8) is 0 Å². The largest absolute Gasteiger partial charge is 0.368 e. The van der Waals surface area contributed by atoms with Gasteiger partial charge in [-0.05, 0) is 29.7 Å². The molecule has 0 fully saturated rings. The minimum absolute atomic E-state index is 0.111. The van der Waals surface area contributed by atoms with Crippen LogP contribution in [-0.2, 0) is 23.2 Å². The number of hydrogen-bond acceptors (Lipinski definition) is 8. The minimum atomic E-state index is -0.568. The lowest BCUT2D eigenvalue weighted by Crippen LogP contribution is -2.41. The first-order valence-corrected chi connectivity index (χ1v) is 10.0. The molecule has 1 unspecified atom stereocenters. The number of aromatic nitrogens is 4. The van der Waals surface area contributed by atoms with Crippen molar-refractivity contribution in [1.82, 2.24) is 30.4 Å². The Kier molecular flexibility index (Phi) is 4.49. The number of anilines is 1. The van der Waals surface area contributed by atoms with E-state index in [4.69, 9.17) is 11.5 Å². The van der Waals surface area contributed by atoms with Crippen LogP contribution in [0.5, 0.6) is 0 Å². The number of carbonyl (C=O) groups is 2. The summed E-state index contributed by atoms with van der Waals surface area (Å²) in [5.41, 5.74) is 14.5. The number of fused-ring (bicyclic) bond motifs is 3. The Balaban J connectivity index is 1.84. The van der Waals surface area contributed by atoms with Crippen molar-refractivity contribution >= 4 is 29.5 Å². The molecule has 0 bridgehead atoms. The first kappa shape index (κ1) is 19.2. The fourth-order valence-electron chi connectivity index (χ4n) is 3.79. The van der Waals surface area contributed by atoms with Crippen LogP contribution in [0, 0.1) is 0 Å². The van der Waals surface area contributed by atoms with Crippen LogP contribution in [0.25, 0.3) is 11.4 Å². The number of amides is 2. The van der Waals surface area contributed by atoms with E-state index in [9.17, 15) is 9.59 Å². The summed E-state index contributed by atoms with van der Waals surface area (Å²) in [7, 11) is 0. The molecule has 2 amide bonds. The normalized spacial score (nSPS) is 19.0. The topological polar surface area (TPSA) is 154 Å². The van der Waals surface area contributed by atoms with E-state index >= 15 is 0 Å². The molecule has 2 aromatic rings. The Labute approximate surface area is 171 Å². The summed E-state index contributed by atoms with van der Waals surface area (Å²) in [6.45, 7) is 5.79. The van der Waals surface area contributed by atoms with Gasteiger partial charge < -0.3 is 22.1 Å². The monoisotopic (exact) mass is 414 g/mol. The van der Waals surface area contributed by atoms with Gasteiger partial charge >= 0.3 is 0 Å². The van der Waals surface area contributed by atoms with Gasteiger partial charge in [0.1, 0.15) is 6.54 Å². The van der Waals surface area contributed by atoms with Gasteiger partial charge in [-0.1, -0.05) is 25.6 Å². The quantitative estimate of drug-likeness (QED) is 0.562. The van der Waals surface area contributed by atoms with Crippen molar-refractivity contribution in [1.29, 1.82) is 0 Å². The molecule has 0 radical (unpaired) electrons. The molecule has 152 valence electrons. The van der Waals surface area contributed by atoms with Gasteiger partial charge in [0.15, 0.2) is 11.2 Å². The lowest BCUT2D eigenvalue weighted by Gasteiger charge is -2.31. The first-order valence-electron chi connectivity index (χ1n) is 9.06. The summed E-state index contributed by atoms with van der Waals surface area (Å²) in [6.07, 6.45) is 2.28. The van der Waals surface area contributed by atoms with Gasteiger partial charge in [0.05, 0.1) is 11.4 Å². The van der Waals surface area contributed by atoms with Crippen molar-refractivity contribution in [3.8, 4) is 11.4 Å². The summed E-state index contributed by atoms with van der Waals surface area (Å²) < 4.78 is 1.44. The van der Waals surface area contributed by atoms with Crippen molar-refractivity contribution in [2.75, 3.05) is 5.73 Å².